The molecule has 5 nitrogen and oxygen atoms in total. The number of anilines is 2. The Bertz CT molecular complexity index is 1090. The standard InChI is InChI=1S/C26H28N2O3/c1-17(2)21-9-6-8-12-24(21)31-16-25(29)28-23-11-7-5-10-22(23)26(30)27-20-14-13-18(3)19(4)15-20/h5-15,17H,16H2,1-4H3,(H,27,30)(H,28,29). The molecule has 160 valence electrons. The summed E-state index contributed by atoms with van der Waals surface area (Å²) in [5.41, 5.74) is 4.83. The number of aryl methyl sites for hydroxylation is 2. The molecule has 0 bridgehead atoms. The van der Waals surface area contributed by atoms with Gasteiger partial charge in [0.15, 0.2) is 6.61 Å². The zero-order valence-electron chi connectivity index (χ0n) is 18.4. The highest BCUT2D eigenvalue weighted by Crippen LogP contribution is 2.26. The Balaban J connectivity index is 1.68. The molecular formula is C26H28N2O3. The first-order valence-corrected chi connectivity index (χ1v) is 10.3. The number of hydrogen-bond acceptors (Lipinski definition) is 3. The number of nitrogens with one attached hydrogen (secondary N) is 2. The lowest BCUT2D eigenvalue weighted by atomic mass is 10.0. The minimum Gasteiger partial charge on any atom is -0.483 e. The molecule has 0 aromatic heterocycles. The Kier molecular flexibility index (Phi) is 7.08. The van der Waals surface area contributed by atoms with Gasteiger partial charge < -0.3 is 15.4 Å². The Morgan fingerprint density at radius 2 is 1.58 bits per heavy atom. The third kappa shape index (κ3) is 5.72. The zero-order valence-corrected chi connectivity index (χ0v) is 18.4. The molecule has 5 heteroatoms. The largest absolute Gasteiger partial charge is 0.483 e. The molecule has 0 heterocycles. The van der Waals surface area contributed by atoms with Crippen LogP contribution in [-0.2, 0) is 4.79 Å². The minimum atomic E-state index is -0.329. The minimum absolute atomic E-state index is 0.142. The van der Waals surface area contributed by atoms with Crippen molar-refractivity contribution in [1.82, 2.24) is 0 Å². The smallest absolute Gasteiger partial charge is 0.262 e. The van der Waals surface area contributed by atoms with Crippen molar-refractivity contribution in [3.63, 3.8) is 0 Å². The summed E-state index contributed by atoms with van der Waals surface area (Å²) in [6, 6.07) is 20.4. The fourth-order valence-corrected chi connectivity index (χ4v) is 3.23. The summed E-state index contributed by atoms with van der Waals surface area (Å²) in [4.78, 5) is 25.3. The van der Waals surface area contributed by atoms with Gasteiger partial charge in [0.2, 0.25) is 0 Å². The van der Waals surface area contributed by atoms with E-state index in [0.717, 1.165) is 16.7 Å². The molecular weight excluding hydrogens is 388 g/mol. The number of para-hydroxylation sites is 2. The normalized spacial score (nSPS) is 10.6. The van der Waals surface area contributed by atoms with Crippen LogP contribution in [0.3, 0.4) is 0 Å². The van der Waals surface area contributed by atoms with Crippen molar-refractivity contribution in [3.05, 3.63) is 89.0 Å². The average Bonchev–Trinajstić information content (AvgIpc) is 2.75. The highest BCUT2D eigenvalue weighted by Gasteiger charge is 2.15. The molecule has 0 fully saturated rings. The molecule has 2 amide bonds. The van der Waals surface area contributed by atoms with Crippen molar-refractivity contribution in [2.24, 2.45) is 0 Å². The summed E-state index contributed by atoms with van der Waals surface area (Å²) in [5, 5.41) is 5.69. The molecule has 0 saturated carbocycles. The van der Waals surface area contributed by atoms with Crippen molar-refractivity contribution >= 4 is 23.2 Å². The Morgan fingerprint density at radius 1 is 0.871 bits per heavy atom. The first-order valence-electron chi connectivity index (χ1n) is 10.3. The van der Waals surface area contributed by atoms with Gasteiger partial charge in [0.1, 0.15) is 5.75 Å². The Labute approximate surface area is 183 Å². The van der Waals surface area contributed by atoms with Crippen molar-refractivity contribution in [2.75, 3.05) is 17.2 Å². The van der Waals surface area contributed by atoms with E-state index in [9.17, 15) is 9.59 Å². The van der Waals surface area contributed by atoms with Gasteiger partial charge in [-0.05, 0) is 66.8 Å². The molecule has 3 aromatic rings. The predicted molar refractivity (Wildman–Crippen MR) is 125 cm³/mol. The molecule has 2 N–H and O–H groups in total. The first kappa shape index (κ1) is 22.1. The van der Waals surface area contributed by atoms with Crippen LogP contribution in [-0.4, -0.2) is 18.4 Å². The van der Waals surface area contributed by atoms with Crippen LogP contribution in [0.25, 0.3) is 0 Å². The van der Waals surface area contributed by atoms with Crippen LogP contribution in [0.4, 0.5) is 11.4 Å². The molecule has 31 heavy (non-hydrogen) atoms. The van der Waals surface area contributed by atoms with Crippen LogP contribution in [0, 0.1) is 13.8 Å². The third-order valence-corrected chi connectivity index (χ3v) is 5.11. The molecule has 0 aliphatic heterocycles. The molecule has 3 aromatic carbocycles. The zero-order chi connectivity index (χ0) is 22.4. The number of benzene rings is 3. The monoisotopic (exact) mass is 416 g/mol. The van der Waals surface area contributed by atoms with E-state index < -0.39 is 0 Å². The average molecular weight is 417 g/mol. The van der Waals surface area contributed by atoms with Gasteiger partial charge in [-0.25, -0.2) is 0 Å². The van der Waals surface area contributed by atoms with Crippen LogP contribution in [0.15, 0.2) is 66.7 Å². The van der Waals surface area contributed by atoms with Gasteiger partial charge in [0.05, 0.1) is 11.3 Å². The highest BCUT2D eigenvalue weighted by atomic mass is 16.5. The van der Waals surface area contributed by atoms with Gasteiger partial charge in [-0.15, -0.1) is 0 Å². The maximum Gasteiger partial charge on any atom is 0.262 e. The van der Waals surface area contributed by atoms with Gasteiger partial charge in [-0.2, -0.15) is 0 Å². The number of carbonyl (C=O) groups is 2. The van der Waals surface area contributed by atoms with Crippen LogP contribution in [0.2, 0.25) is 0 Å². The summed E-state index contributed by atoms with van der Waals surface area (Å²) < 4.78 is 5.74. The molecule has 0 aliphatic carbocycles. The lowest BCUT2D eigenvalue weighted by Gasteiger charge is -2.15. The Hall–Kier alpha value is -3.60. The predicted octanol–water partition coefficient (Wildman–Crippen LogP) is 5.70. The summed E-state index contributed by atoms with van der Waals surface area (Å²) in [6.45, 7) is 8.03. The van der Waals surface area contributed by atoms with E-state index in [1.807, 2.05) is 56.3 Å². The second-order valence-electron chi connectivity index (χ2n) is 7.83. The van der Waals surface area contributed by atoms with Gasteiger partial charge >= 0.3 is 0 Å². The third-order valence-electron chi connectivity index (χ3n) is 5.11. The van der Waals surface area contributed by atoms with Crippen LogP contribution in [0.5, 0.6) is 5.75 Å². The van der Waals surface area contributed by atoms with Gasteiger partial charge in [-0.1, -0.05) is 50.2 Å². The van der Waals surface area contributed by atoms with E-state index in [-0.39, 0.29) is 24.3 Å². The van der Waals surface area contributed by atoms with Crippen molar-refractivity contribution in [2.45, 2.75) is 33.6 Å². The lowest BCUT2D eigenvalue weighted by Crippen LogP contribution is -2.23. The van der Waals surface area contributed by atoms with Crippen molar-refractivity contribution < 1.29 is 14.3 Å². The topological polar surface area (TPSA) is 67.4 Å². The number of ether oxygens (including phenoxy) is 1. The van der Waals surface area contributed by atoms with E-state index >= 15 is 0 Å². The molecule has 0 aliphatic rings. The van der Waals surface area contributed by atoms with Gasteiger partial charge in [0, 0.05) is 5.69 Å². The maximum atomic E-state index is 12.8. The molecule has 0 radical (unpaired) electrons. The fraction of sp³-hybridized carbons (Fsp3) is 0.231. The number of rotatable bonds is 7. The second kappa shape index (κ2) is 9.94. The van der Waals surface area contributed by atoms with Crippen molar-refractivity contribution in [3.8, 4) is 5.75 Å². The molecule has 0 atom stereocenters. The van der Waals surface area contributed by atoms with E-state index in [4.69, 9.17) is 4.74 Å². The van der Waals surface area contributed by atoms with Crippen molar-refractivity contribution in [1.29, 1.82) is 0 Å². The molecule has 0 spiro atoms. The van der Waals surface area contributed by atoms with Gasteiger partial charge in [-0.3, -0.25) is 9.59 Å². The van der Waals surface area contributed by atoms with E-state index in [0.29, 0.717) is 22.7 Å². The SMILES string of the molecule is Cc1ccc(NC(=O)c2ccccc2NC(=O)COc2ccccc2C(C)C)cc1C. The number of carbonyl (C=O) groups excluding carboxylic acids is 2. The fourth-order valence-electron chi connectivity index (χ4n) is 3.23. The van der Waals surface area contributed by atoms with Crippen LogP contribution < -0.4 is 15.4 Å². The van der Waals surface area contributed by atoms with E-state index in [1.54, 1.807) is 24.3 Å². The quantitative estimate of drug-likeness (QED) is 0.519. The lowest BCUT2D eigenvalue weighted by molar-refractivity contribution is -0.118. The first-order chi connectivity index (χ1) is 14.8. The summed E-state index contributed by atoms with van der Waals surface area (Å²) >= 11 is 0. The molecule has 0 saturated heterocycles. The second-order valence-corrected chi connectivity index (χ2v) is 7.83. The van der Waals surface area contributed by atoms with Crippen LogP contribution >= 0.6 is 0 Å². The van der Waals surface area contributed by atoms with E-state index in [2.05, 4.69) is 24.5 Å². The highest BCUT2D eigenvalue weighted by molar-refractivity contribution is 6.10. The molecule has 0 unspecified atom stereocenters. The summed E-state index contributed by atoms with van der Waals surface area (Å²) in [6.07, 6.45) is 0. The maximum absolute atomic E-state index is 12.8. The number of hydrogen-bond donors (Lipinski definition) is 2. The Morgan fingerprint density at radius 3 is 2.32 bits per heavy atom. The summed E-state index contributed by atoms with van der Waals surface area (Å²) in [5.74, 6) is 0.359. The van der Waals surface area contributed by atoms with Crippen LogP contribution in [0.1, 0.15) is 46.8 Å². The van der Waals surface area contributed by atoms with Gasteiger partial charge in [0.25, 0.3) is 11.8 Å². The number of amides is 2. The molecule has 3 rings (SSSR count). The summed E-state index contributed by atoms with van der Waals surface area (Å²) in [7, 11) is 0. The van der Waals surface area contributed by atoms with E-state index in [1.165, 1.54) is 0 Å².